The molecule has 43 heavy (non-hydrogen) atoms. The van der Waals surface area contributed by atoms with Gasteiger partial charge in [-0.1, -0.05) is 0 Å². The predicted molar refractivity (Wildman–Crippen MR) is 161 cm³/mol. The summed E-state index contributed by atoms with van der Waals surface area (Å²) in [5.74, 6) is 0.0324. The van der Waals surface area contributed by atoms with Gasteiger partial charge in [-0.05, 0) is 75.3 Å². The highest BCUT2D eigenvalue weighted by Crippen LogP contribution is 2.36. The van der Waals surface area contributed by atoms with Crippen LogP contribution in [-0.4, -0.2) is 98.3 Å². The number of likely N-dealkylation sites (tertiary alicyclic amines) is 1. The highest BCUT2D eigenvalue weighted by molar-refractivity contribution is 6.00. The van der Waals surface area contributed by atoms with E-state index >= 15 is 0 Å². The Labute approximate surface area is 248 Å². The Bertz CT molecular complexity index is 1610. The lowest BCUT2D eigenvalue weighted by Crippen LogP contribution is -2.56. The van der Waals surface area contributed by atoms with Crippen LogP contribution < -0.4 is 10.2 Å². The monoisotopic (exact) mass is 586 g/mol. The van der Waals surface area contributed by atoms with Gasteiger partial charge in [-0.15, -0.1) is 0 Å². The van der Waals surface area contributed by atoms with Gasteiger partial charge >= 0.3 is 0 Å². The summed E-state index contributed by atoms with van der Waals surface area (Å²) < 4.78 is 13.5. The number of carbonyl (C=O) groups is 2. The number of nitrogens with zero attached hydrogens (tertiary/aromatic N) is 6. The molecule has 0 spiro atoms. The third kappa shape index (κ3) is 5.67. The largest absolute Gasteiger partial charge is 0.392 e. The van der Waals surface area contributed by atoms with Gasteiger partial charge in [0.1, 0.15) is 5.82 Å². The summed E-state index contributed by atoms with van der Waals surface area (Å²) in [6.07, 6.45) is 2.92. The third-order valence-corrected chi connectivity index (χ3v) is 8.71. The molecule has 0 radical (unpaired) electrons. The number of nitrogens with one attached hydrogen (secondary N) is 2. The van der Waals surface area contributed by atoms with Crippen molar-refractivity contribution in [3.8, 4) is 11.3 Å². The van der Waals surface area contributed by atoms with E-state index in [1.54, 1.807) is 43.6 Å². The maximum absolute atomic E-state index is 13.7. The minimum absolute atomic E-state index is 0.00154. The number of rotatable bonds is 7. The van der Waals surface area contributed by atoms with Gasteiger partial charge < -0.3 is 20.2 Å². The highest BCUT2D eigenvalue weighted by atomic mass is 19.1. The van der Waals surface area contributed by atoms with Crippen LogP contribution in [0.25, 0.3) is 22.2 Å². The Morgan fingerprint density at radius 3 is 2.63 bits per heavy atom. The van der Waals surface area contributed by atoms with Gasteiger partial charge in [-0.25, -0.2) is 14.4 Å². The standard InChI is InChI=1S/C31H35FN8O3/c1-20-17-39(30-33-11-3-12-34-30)14-15-40(20)27(42)18-38-13-10-31(19-38,21(2)41)29(43)35-24-8-9-26-25(16-24)28(37-36-26)22-4-6-23(32)7-5-22/h3-9,11-12,16,20-21,41H,10,13-15,17-19H2,1-2H3,(H,35,43)(H,36,37)/t20-,21?,31?/m1/s1. The quantitative estimate of drug-likeness (QED) is 0.302. The molecule has 11 nitrogen and oxygen atoms in total. The van der Waals surface area contributed by atoms with Gasteiger partial charge in [-0.2, -0.15) is 5.10 Å². The summed E-state index contributed by atoms with van der Waals surface area (Å²) in [7, 11) is 0. The van der Waals surface area contributed by atoms with Crippen LogP contribution in [0.5, 0.6) is 0 Å². The molecule has 224 valence electrons. The molecule has 2 aromatic carbocycles. The first-order valence-corrected chi connectivity index (χ1v) is 14.5. The summed E-state index contributed by atoms with van der Waals surface area (Å²) >= 11 is 0. The van der Waals surface area contributed by atoms with Crippen LogP contribution in [0.3, 0.4) is 0 Å². The molecule has 2 fully saturated rings. The molecule has 2 amide bonds. The average molecular weight is 587 g/mol. The minimum atomic E-state index is -1.07. The van der Waals surface area contributed by atoms with E-state index in [0.717, 1.165) is 16.5 Å². The smallest absolute Gasteiger partial charge is 0.237 e. The van der Waals surface area contributed by atoms with Crippen molar-refractivity contribution in [2.75, 3.05) is 49.5 Å². The zero-order valence-electron chi connectivity index (χ0n) is 24.2. The number of fused-ring (bicyclic) bond motifs is 1. The van der Waals surface area contributed by atoms with E-state index in [4.69, 9.17) is 0 Å². The van der Waals surface area contributed by atoms with E-state index in [2.05, 4.69) is 30.4 Å². The second-order valence-corrected chi connectivity index (χ2v) is 11.5. The Morgan fingerprint density at radius 2 is 1.91 bits per heavy atom. The number of hydrogen-bond donors (Lipinski definition) is 3. The van der Waals surface area contributed by atoms with E-state index in [1.807, 2.05) is 28.9 Å². The number of halogens is 1. The van der Waals surface area contributed by atoms with Crippen LogP contribution in [0.1, 0.15) is 20.3 Å². The lowest BCUT2D eigenvalue weighted by atomic mass is 9.80. The molecule has 2 aliphatic rings. The van der Waals surface area contributed by atoms with Crippen LogP contribution >= 0.6 is 0 Å². The molecule has 4 aromatic rings. The van der Waals surface area contributed by atoms with Crippen molar-refractivity contribution in [2.45, 2.75) is 32.4 Å². The topological polar surface area (TPSA) is 131 Å². The molecule has 12 heteroatoms. The molecule has 2 unspecified atom stereocenters. The number of carbonyl (C=O) groups excluding carboxylic acids is 2. The summed E-state index contributed by atoms with van der Waals surface area (Å²) in [6.45, 7) is 6.45. The highest BCUT2D eigenvalue weighted by Gasteiger charge is 2.49. The Morgan fingerprint density at radius 1 is 1.14 bits per heavy atom. The molecule has 0 aliphatic carbocycles. The number of aromatic nitrogens is 4. The van der Waals surface area contributed by atoms with Crippen LogP contribution in [0.15, 0.2) is 60.9 Å². The van der Waals surface area contributed by atoms with Crippen molar-refractivity contribution in [1.29, 1.82) is 0 Å². The van der Waals surface area contributed by atoms with Gasteiger partial charge in [0.25, 0.3) is 0 Å². The van der Waals surface area contributed by atoms with Crippen LogP contribution in [0, 0.1) is 11.2 Å². The number of aliphatic hydroxyl groups excluding tert-OH is 1. The number of amides is 2. The first kappa shape index (κ1) is 28.7. The average Bonchev–Trinajstić information content (AvgIpc) is 3.63. The van der Waals surface area contributed by atoms with Crippen molar-refractivity contribution in [1.82, 2.24) is 30.0 Å². The van der Waals surface area contributed by atoms with E-state index in [1.165, 1.54) is 12.1 Å². The second-order valence-electron chi connectivity index (χ2n) is 11.5. The second kappa shape index (κ2) is 11.7. The lowest BCUT2D eigenvalue weighted by molar-refractivity contribution is -0.136. The van der Waals surface area contributed by atoms with Crippen molar-refractivity contribution in [3.63, 3.8) is 0 Å². The molecule has 0 saturated carbocycles. The fourth-order valence-electron chi connectivity index (χ4n) is 6.19. The molecule has 6 rings (SSSR count). The maximum Gasteiger partial charge on any atom is 0.237 e. The molecule has 0 bridgehead atoms. The van der Waals surface area contributed by atoms with Gasteiger partial charge in [0.2, 0.25) is 17.8 Å². The molecule has 2 aliphatic heterocycles. The van der Waals surface area contributed by atoms with Gasteiger partial charge in [0.15, 0.2) is 0 Å². The Hall–Kier alpha value is -4.42. The van der Waals surface area contributed by atoms with Gasteiger partial charge in [0, 0.05) is 61.3 Å². The number of H-pyrrole nitrogens is 1. The van der Waals surface area contributed by atoms with Crippen molar-refractivity contribution >= 4 is 34.4 Å². The van der Waals surface area contributed by atoms with Crippen LogP contribution in [0.4, 0.5) is 16.0 Å². The maximum atomic E-state index is 13.7. The molecule has 4 heterocycles. The van der Waals surface area contributed by atoms with Crippen LogP contribution in [-0.2, 0) is 9.59 Å². The number of hydrogen-bond acceptors (Lipinski definition) is 8. The van der Waals surface area contributed by atoms with Crippen molar-refractivity contribution in [3.05, 3.63) is 66.7 Å². The Kier molecular flexibility index (Phi) is 7.80. The van der Waals surface area contributed by atoms with Crippen molar-refractivity contribution < 1.29 is 19.1 Å². The molecule has 3 N–H and O–H groups in total. The number of anilines is 2. The zero-order valence-corrected chi connectivity index (χ0v) is 24.2. The first-order chi connectivity index (χ1) is 20.7. The molecule has 2 saturated heterocycles. The normalized spacial score (nSPS) is 21.7. The first-order valence-electron chi connectivity index (χ1n) is 14.5. The predicted octanol–water partition coefficient (Wildman–Crippen LogP) is 2.91. The summed E-state index contributed by atoms with van der Waals surface area (Å²) in [4.78, 5) is 41.6. The minimum Gasteiger partial charge on any atom is -0.392 e. The molecular weight excluding hydrogens is 551 g/mol. The summed E-state index contributed by atoms with van der Waals surface area (Å²) in [5, 5.41) is 22.0. The van der Waals surface area contributed by atoms with Gasteiger partial charge in [-0.3, -0.25) is 19.6 Å². The molecule has 3 atom stereocenters. The zero-order chi connectivity index (χ0) is 30.1. The lowest BCUT2D eigenvalue weighted by Gasteiger charge is -2.40. The summed E-state index contributed by atoms with van der Waals surface area (Å²) in [6, 6.07) is 13.3. The number of aromatic amines is 1. The molecule has 2 aromatic heterocycles. The van der Waals surface area contributed by atoms with E-state index in [9.17, 15) is 19.1 Å². The number of aliphatic hydroxyl groups is 1. The number of piperazine rings is 1. The van der Waals surface area contributed by atoms with Crippen LogP contribution in [0.2, 0.25) is 0 Å². The number of benzene rings is 2. The Balaban J connectivity index is 1.11. The van der Waals surface area contributed by atoms with Gasteiger partial charge in [0.05, 0.1) is 29.3 Å². The third-order valence-electron chi connectivity index (χ3n) is 8.71. The van der Waals surface area contributed by atoms with E-state index in [0.29, 0.717) is 49.9 Å². The van der Waals surface area contributed by atoms with Crippen molar-refractivity contribution in [2.24, 2.45) is 5.41 Å². The van der Waals surface area contributed by atoms with E-state index < -0.39 is 11.5 Å². The molecular formula is C31H35FN8O3. The fourth-order valence-corrected chi connectivity index (χ4v) is 6.19. The summed E-state index contributed by atoms with van der Waals surface area (Å²) in [5.41, 5.74) is 1.66. The SMILES string of the molecule is CC(O)C1(C(=O)Nc2ccc3[nH]nc(-c4ccc(F)cc4)c3c2)CCN(CC(=O)N2CCN(c3ncccn3)C[C@H]2C)C1. The van der Waals surface area contributed by atoms with E-state index in [-0.39, 0.29) is 36.8 Å². The fraction of sp³-hybridized carbons (Fsp3) is 0.387.